The van der Waals surface area contributed by atoms with Crippen LogP contribution in [0.2, 0.25) is 0 Å². The molecule has 0 spiro atoms. The highest BCUT2D eigenvalue weighted by Crippen LogP contribution is 2.36. The molecule has 0 aromatic heterocycles. The maximum atomic E-state index is 5.56. The first-order valence-electron chi connectivity index (χ1n) is 6.22. The van der Waals surface area contributed by atoms with Crippen molar-refractivity contribution in [1.82, 2.24) is 14.9 Å². The maximum absolute atomic E-state index is 5.56. The molecule has 0 saturated carbocycles. The fourth-order valence-electron chi connectivity index (χ4n) is 2.79. The molecule has 3 rings (SSSR count). The summed E-state index contributed by atoms with van der Waals surface area (Å²) in [5, 5.41) is 5.65. The van der Waals surface area contributed by atoms with Gasteiger partial charge in [0.15, 0.2) is 5.11 Å². The average Bonchev–Trinajstić information content (AvgIpc) is 2.92. The minimum Gasteiger partial charge on any atom is -0.327 e. The summed E-state index contributed by atoms with van der Waals surface area (Å²) in [6.07, 6.45) is 1.51. The van der Waals surface area contributed by atoms with E-state index in [1.54, 1.807) is 0 Å². The van der Waals surface area contributed by atoms with Crippen LogP contribution in [0.4, 0.5) is 0 Å². The van der Waals surface area contributed by atoms with E-state index in [1.807, 2.05) is 0 Å². The van der Waals surface area contributed by atoms with Gasteiger partial charge in [0.1, 0.15) is 6.17 Å². The van der Waals surface area contributed by atoms with Crippen LogP contribution in [0, 0.1) is 0 Å². The number of thiocarbonyl (C=S) groups is 1. The molecular formula is C13H17N3S. The molecule has 1 aromatic carbocycles. The van der Waals surface area contributed by atoms with Crippen LogP contribution in [0.25, 0.3) is 0 Å². The Kier molecular flexibility index (Phi) is 2.76. The second-order valence-electron chi connectivity index (χ2n) is 4.49. The van der Waals surface area contributed by atoms with E-state index < -0.39 is 0 Å². The lowest BCUT2D eigenvalue weighted by molar-refractivity contribution is 0.0560. The minimum atomic E-state index is 0.302. The average molecular weight is 247 g/mol. The van der Waals surface area contributed by atoms with Crippen molar-refractivity contribution in [1.29, 1.82) is 0 Å². The molecule has 0 N–H and O–H groups in total. The molecule has 3 nitrogen and oxygen atoms in total. The number of rotatable bonds is 2. The zero-order valence-electron chi connectivity index (χ0n) is 10.0. The molecule has 4 heteroatoms. The van der Waals surface area contributed by atoms with Crippen molar-refractivity contribution in [3.63, 3.8) is 0 Å². The smallest absolute Gasteiger partial charge is 0.187 e. The SMILES string of the molecule is CCN1C(=S)N2CCCN2C1c1ccccc1. The Labute approximate surface area is 108 Å². The van der Waals surface area contributed by atoms with Crippen molar-refractivity contribution in [2.24, 2.45) is 0 Å². The first kappa shape index (κ1) is 11.0. The standard InChI is InChI=1S/C13H17N3S/c1-2-14-12(11-7-4-3-5-8-11)15-9-6-10-16(15)13(14)17/h3-5,7-8,12H,2,6,9-10H2,1H3. The van der Waals surface area contributed by atoms with Crippen molar-refractivity contribution < 1.29 is 0 Å². The van der Waals surface area contributed by atoms with Gasteiger partial charge in [-0.1, -0.05) is 30.3 Å². The highest BCUT2D eigenvalue weighted by Gasteiger charge is 2.43. The molecule has 0 aliphatic carbocycles. The van der Waals surface area contributed by atoms with Crippen LogP contribution < -0.4 is 0 Å². The summed E-state index contributed by atoms with van der Waals surface area (Å²) in [6, 6.07) is 10.7. The van der Waals surface area contributed by atoms with Gasteiger partial charge >= 0.3 is 0 Å². The van der Waals surface area contributed by atoms with E-state index in [0.717, 1.165) is 24.7 Å². The fraction of sp³-hybridized carbons (Fsp3) is 0.462. The van der Waals surface area contributed by atoms with Crippen LogP contribution >= 0.6 is 12.2 Å². The lowest BCUT2D eigenvalue weighted by Gasteiger charge is -2.27. The second-order valence-corrected chi connectivity index (χ2v) is 4.86. The number of hydrogen-bond donors (Lipinski definition) is 0. The Balaban J connectivity index is 1.99. The maximum Gasteiger partial charge on any atom is 0.187 e. The normalized spacial score (nSPS) is 24.5. The summed E-state index contributed by atoms with van der Waals surface area (Å²) in [5.41, 5.74) is 1.33. The molecule has 2 fully saturated rings. The summed E-state index contributed by atoms with van der Waals surface area (Å²) in [6.45, 7) is 5.31. The first-order chi connectivity index (χ1) is 8.33. The Hall–Kier alpha value is -1.13. The van der Waals surface area contributed by atoms with Gasteiger partial charge in [0.05, 0.1) is 0 Å². The molecule has 2 heterocycles. The van der Waals surface area contributed by atoms with E-state index in [-0.39, 0.29) is 0 Å². The summed E-state index contributed by atoms with van der Waals surface area (Å²) in [7, 11) is 0. The van der Waals surface area contributed by atoms with Crippen molar-refractivity contribution >= 4 is 17.3 Å². The van der Waals surface area contributed by atoms with Gasteiger partial charge in [0.2, 0.25) is 0 Å². The largest absolute Gasteiger partial charge is 0.327 e. The van der Waals surface area contributed by atoms with E-state index in [9.17, 15) is 0 Å². The molecule has 0 radical (unpaired) electrons. The molecular weight excluding hydrogens is 230 g/mol. The van der Waals surface area contributed by atoms with Crippen LogP contribution in [0.15, 0.2) is 30.3 Å². The predicted octanol–water partition coefficient (Wildman–Crippen LogP) is 2.23. The molecule has 0 bridgehead atoms. The Morgan fingerprint density at radius 1 is 1.24 bits per heavy atom. The van der Waals surface area contributed by atoms with Crippen LogP contribution in [0.3, 0.4) is 0 Å². The number of hydrogen-bond acceptors (Lipinski definition) is 2. The molecule has 2 aliphatic heterocycles. The molecule has 2 aliphatic rings. The zero-order chi connectivity index (χ0) is 11.8. The van der Waals surface area contributed by atoms with Crippen molar-refractivity contribution in [3.05, 3.63) is 35.9 Å². The first-order valence-corrected chi connectivity index (χ1v) is 6.63. The lowest BCUT2D eigenvalue weighted by atomic mass is 10.1. The number of benzene rings is 1. The molecule has 1 atom stereocenters. The fourth-order valence-corrected chi connectivity index (χ4v) is 3.22. The molecule has 1 aromatic rings. The van der Waals surface area contributed by atoms with Crippen molar-refractivity contribution in [2.45, 2.75) is 19.5 Å². The van der Waals surface area contributed by atoms with Gasteiger partial charge in [0, 0.05) is 19.6 Å². The van der Waals surface area contributed by atoms with Crippen molar-refractivity contribution in [2.75, 3.05) is 19.6 Å². The second kappa shape index (κ2) is 4.27. The van der Waals surface area contributed by atoms with Crippen LogP contribution in [0.5, 0.6) is 0 Å². The zero-order valence-corrected chi connectivity index (χ0v) is 10.9. The highest BCUT2D eigenvalue weighted by atomic mass is 32.1. The van der Waals surface area contributed by atoms with Gasteiger partial charge in [-0.2, -0.15) is 5.01 Å². The Morgan fingerprint density at radius 3 is 2.71 bits per heavy atom. The molecule has 1 unspecified atom stereocenters. The summed E-state index contributed by atoms with van der Waals surface area (Å²) < 4.78 is 0. The van der Waals surface area contributed by atoms with Gasteiger partial charge in [-0.05, 0) is 31.1 Å². The number of fused-ring (bicyclic) bond motifs is 1. The Morgan fingerprint density at radius 2 is 2.00 bits per heavy atom. The summed E-state index contributed by atoms with van der Waals surface area (Å²) in [4.78, 5) is 2.31. The number of nitrogens with zero attached hydrogens (tertiary/aromatic N) is 3. The van der Waals surface area contributed by atoms with Crippen LogP contribution in [-0.2, 0) is 0 Å². The van der Waals surface area contributed by atoms with E-state index in [0.29, 0.717) is 6.17 Å². The van der Waals surface area contributed by atoms with Gasteiger partial charge in [-0.25, -0.2) is 0 Å². The quantitative estimate of drug-likeness (QED) is 0.741. The summed E-state index contributed by atoms with van der Waals surface area (Å²) >= 11 is 5.56. The van der Waals surface area contributed by atoms with Gasteiger partial charge in [-0.3, -0.25) is 5.01 Å². The molecule has 90 valence electrons. The predicted molar refractivity (Wildman–Crippen MR) is 72.2 cm³/mol. The van der Waals surface area contributed by atoms with E-state index in [1.165, 1.54) is 12.0 Å². The lowest BCUT2D eigenvalue weighted by Crippen LogP contribution is -2.32. The third-order valence-corrected chi connectivity index (χ3v) is 3.99. The van der Waals surface area contributed by atoms with Crippen molar-refractivity contribution in [3.8, 4) is 0 Å². The van der Waals surface area contributed by atoms with Crippen LogP contribution in [0.1, 0.15) is 25.1 Å². The molecule has 17 heavy (non-hydrogen) atoms. The highest BCUT2D eigenvalue weighted by molar-refractivity contribution is 7.80. The number of hydrazine groups is 1. The summed E-state index contributed by atoms with van der Waals surface area (Å²) in [5.74, 6) is 0. The molecule has 0 amide bonds. The monoisotopic (exact) mass is 247 g/mol. The topological polar surface area (TPSA) is 9.72 Å². The van der Waals surface area contributed by atoms with Gasteiger partial charge in [-0.15, -0.1) is 0 Å². The Bertz CT molecular complexity index is 420. The third-order valence-electron chi connectivity index (χ3n) is 3.55. The molecule has 2 saturated heterocycles. The van der Waals surface area contributed by atoms with E-state index >= 15 is 0 Å². The third kappa shape index (κ3) is 1.63. The van der Waals surface area contributed by atoms with E-state index in [2.05, 4.69) is 52.2 Å². The van der Waals surface area contributed by atoms with Gasteiger partial charge in [0.25, 0.3) is 0 Å². The minimum absolute atomic E-state index is 0.302. The van der Waals surface area contributed by atoms with Crippen LogP contribution in [-0.4, -0.2) is 39.7 Å². The van der Waals surface area contributed by atoms with Gasteiger partial charge < -0.3 is 4.90 Å². The van der Waals surface area contributed by atoms with E-state index in [4.69, 9.17) is 12.2 Å².